The van der Waals surface area contributed by atoms with Crippen LogP contribution in [0.25, 0.3) is 0 Å². The van der Waals surface area contributed by atoms with Gasteiger partial charge in [0.05, 0.1) is 92.5 Å². The summed E-state index contributed by atoms with van der Waals surface area (Å²) >= 11 is 0. The molecule has 340 valence electrons. The summed E-state index contributed by atoms with van der Waals surface area (Å²) < 4.78 is 81.6. The minimum atomic E-state index is -0.0821. The molecule has 16 heteroatoms. The van der Waals surface area contributed by atoms with Crippen molar-refractivity contribution in [2.24, 2.45) is 0 Å². The molecule has 0 aromatic heterocycles. The molecule has 62 heavy (non-hydrogen) atoms. The lowest BCUT2D eigenvalue weighted by molar-refractivity contribution is 0.0259. The fraction of sp³-hybridized carbons (Fsp3) is 0.478. The van der Waals surface area contributed by atoms with Crippen LogP contribution < -0.4 is 37.9 Å². The smallest absolute Gasteiger partial charge is 0.161 e. The summed E-state index contributed by atoms with van der Waals surface area (Å²) in [5, 5.41) is 18.2. The van der Waals surface area contributed by atoms with Gasteiger partial charge < -0.3 is 76.5 Å². The molecule has 16 nitrogen and oxygen atoms in total. The van der Waals surface area contributed by atoms with Gasteiger partial charge >= 0.3 is 0 Å². The lowest BCUT2D eigenvalue weighted by Gasteiger charge is -2.15. The maximum atomic E-state index is 9.09. The summed E-state index contributed by atoms with van der Waals surface area (Å²) in [4.78, 5) is 0. The van der Waals surface area contributed by atoms with Gasteiger partial charge in [-0.1, -0.05) is 24.3 Å². The Kier molecular flexibility index (Phi) is 23.3. The van der Waals surface area contributed by atoms with Crippen LogP contribution in [0.3, 0.4) is 0 Å². The SMILES string of the molecule is OCCOc1ccccc1OCCOCc1cc2cc(c1)OCCOCCOCCOc1cc(COCCOc3ccccc3OCCO)cc(c1)OCCOCCOCCO2. The molecule has 0 amide bonds. The van der Waals surface area contributed by atoms with Gasteiger partial charge in [0.1, 0.15) is 75.9 Å². The number of hydrogen-bond donors (Lipinski definition) is 2. The van der Waals surface area contributed by atoms with Gasteiger partial charge in [-0.05, 0) is 59.7 Å². The minimum absolute atomic E-state index is 0.0821. The van der Waals surface area contributed by atoms with Gasteiger partial charge in [0.2, 0.25) is 0 Å². The zero-order chi connectivity index (χ0) is 43.1. The van der Waals surface area contributed by atoms with Crippen LogP contribution in [0.1, 0.15) is 11.1 Å². The van der Waals surface area contributed by atoms with Crippen LogP contribution in [-0.2, 0) is 41.6 Å². The summed E-state index contributed by atoms with van der Waals surface area (Å²) in [5.41, 5.74) is 1.74. The molecule has 4 aromatic rings. The minimum Gasteiger partial charge on any atom is -0.491 e. The van der Waals surface area contributed by atoms with Crippen molar-refractivity contribution in [3.63, 3.8) is 0 Å². The Labute approximate surface area is 363 Å². The van der Waals surface area contributed by atoms with E-state index in [4.69, 9.17) is 76.5 Å². The topological polar surface area (TPSA) is 170 Å². The molecule has 0 saturated heterocycles. The molecule has 5 rings (SSSR count). The Morgan fingerprint density at radius 3 is 0.952 bits per heavy atom. The van der Waals surface area contributed by atoms with Gasteiger partial charge in [-0.15, -0.1) is 0 Å². The fourth-order valence-electron chi connectivity index (χ4n) is 5.77. The first-order chi connectivity index (χ1) is 30.7. The summed E-state index contributed by atoms with van der Waals surface area (Å²) in [6, 6.07) is 25.9. The molecule has 0 spiro atoms. The zero-order valence-corrected chi connectivity index (χ0v) is 35.2. The van der Waals surface area contributed by atoms with Crippen LogP contribution in [0.5, 0.6) is 46.0 Å². The van der Waals surface area contributed by atoms with E-state index in [1.807, 2.05) is 72.8 Å². The maximum Gasteiger partial charge on any atom is 0.161 e. The van der Waals surface area contributed by atoms with Crippen molar-refractivity contribution in [2.75, 3.05) is 132 Å². The molecule has 0 fully saturated rings. The average molecular weight is 869 g/mol. The van der Waals surface area contributed by atoms with Crippen LogP contribution >= 0.6 is 0 Å². The van der Waals surface area contributed by atoms with E-state index >= 15 is 0 Å². The highest BCUT2D eigenvalue weighted by atomic mass is 16.6. The van der Waals surface area contributed by atoms with Gasteiger partial charge in [0.25, 0.3) is 0 Å². The Bertz CT molecular complexity index is 1600. The zero-order valence-electron chi connectivity index (χ0n) is 35.2. The van der Waals surface area contributed by atoms with Crippen molar-refractivity contribution in [3.05, 3.63) is 96.1 Å². The maximum absolute atomic E-state index is 9.09. The van der Waals surface area contributed by atoms with E-state index in [0.717, 1.165) is 11.1 Å². The van der Waals surface area contributed by atoms with Gasteiger partial charge in [-0.3, -0.25) is 0 Å². The molecule has 0 radical (unpaired) electrons. The van der Waals surface area contributed by atoms with Crippen molar-refractivity contribution in [1.82, 2.24) is 0 Å². The van der Waals surface area contributed by atoms with Crippen LogP contribution in [0, 0.1) is 0 Å². The molecule has 0 saturated carbocycles. The van der Waals surface area contributed by atoms with Crippen molar-refractivity contribution in [1.29, 1.82) is 0 Å². The molecule has 1 aliphatic heterocycles. The van der Waals surface area contributed by atoms with E-state index in [0.29, 0.717) is 165 Å². The first-order valence-electron chi connectivity index (χ1n) is 20.9. The van der Waals surface area contributed by atoms with Gasteiger partial charge in [0.15, 0.2) is 23.0 Å². The molecule has 0 aliphatic carbocycles. The molecular formula is C46H60O16. The number of aliphatic hydroxyl groups excluding tert-OH is 2. The van der Waals surface area contributed by atoms with E-state index in [9.17, 15) is 0 Å². The van der Waals surface area contributed by atoms with Gasteiger partial charge in [-0.25, -0.2) is 0 Å². The third-order valence-corrected chi connectivity index (χ3v) is 8.51. The van der Waals surface area contributed by atoms with E-state index in [-0.39, 0.29) is 26.4 Å². The Balaban J connectivity index is 1.05. The third kappa shape index (κ3) is 19.3. The largest absolute Gasteiger partial charge is 0.491 e. The van der Waals surface area contributed by atoms with Crippen molar-refractivity contribution < 1.29 is 76.5 Å². The number of ether oxygens (including phenoxy) is 14. The first kappa shape index (κ1) is 48.0. The third-order valence-electron chi connectivity index (χ3n) is 8.51. The molecule has 0 atom stereocenters. The van der Waals surface area contributed by atoms with E-state index in [1.54, 1.807) is 12.1 Å². The molecule has 1 heterocycles. The summed E-state index contributed by atoms with van der Waals surface area (Å²) in [7, 11) is 0. The van der Waals surface area contributed by atoms with Crippen LogP contribution in [-0.4, -0.2) is 142 Å². The van der Waals surface area contributed by atoms with Crippen molar-refractivity contribution >= 4 is 0 Å². The molecular weight excluding hydrogens is 808 g/mol. The normalized spacial score (nSPS) is 14.9. The van der Waals surface area contributed by atoms with Crippen LogP contribution in [0.4, 0.5) is 0 Å². The fourth-order valence-corrected chi connectivity index (χ4v) is 5.77. The summed E-state index contributed by atoms with van der Waals surface area (Å²) in [5.74, 6) is 4.79. The van der Waals surface area contributed by atoms with Crippen LogP contribution in [0.2, 0.25) is 0 Å². The second kappa shape index (κ2) is 30.1. The predicted octanol–water partition coefficient (Wildman–Crippen LogP) is 4.92. The highest BCUT2D eigenvalue weighted by Crippen LogP contribution is 2.28. The second-order valence-corrected chi connectivity index (χ2v) is 13.3. The van der Waals surface area contributed by atoms with Crippen molar-refractivity contribution in [3.8, 4) is 46.0 Å². The second-order valence-electron chi connectivity index (χ2n) is 13.3. The lowest BCUT2D eigenvalue weighted by atomic mass is 10.2. The number of aliphatic hydroxyl groups is 2. The molecule has 4 aromatic carbocycles. The number of fused-ring (bicyclic) bond motifs is 4. The van der Waals surface area contributed by atoms with E-state index < -0.39 is 0 Å². The molecule has 1 aliphatic rings. The quantitative estimate of drug-likeness (QED) is 0.129. The predicted molar refractivity (Wildman–Crippen MR) is 226 cm³/mol. The highest BCUT2D eigenvalue weighted by molar-refractivity contribution is 5.41. The molecule has 0 unspecified atom stereocenters. The van der Waals surface area contributed by atoms with E-state index in [2.05, 4.69) is 0 Å². The van der Waals surface area contributed by atoms with Crippen LogP contribution in [0.15, 0.2) is 84.9 Å². The molecule has 2 N–H and O–H groups in total. The number of para-hydroxylation sites is 4. The molecule has 4 bridgehead atoms. The first-order valence-corrected chi connectivity index (χ1v) is 20.9. The number of rotatable bonds is 18. The van der Waals surface area contributed by atoms with E-state index in [1.165, 1.54) is 0 Å². The van der Waals surface area contributed by atoms with Crippen molar-refractivity contribution in [2.45, 2.75) is 13.2 Å². The Hall–Kier alpha value is -5.04. The summed E-state index contributed by atoms with van der Waals surface area (Å²) in [6.45, 7) is 6.46. The summed E-state index contributed by atoms with van der Waals surface area (Å²) in [6.07, 6.45) is 0. The standard InChI is InChI=1S/C46H60O16/c47-9-11-59-43-5-1-3-7-45(43)61-27-21-53-35-37-29-39-33-40(30-37)56-24-18-50-14-16-52-20-26-58-42-32-38(31-41(34-42)57-25-19-51-15-13-49-17-23-55-39)36-54-22-28-62-46-8-4-2-6-44(46)60-12-10-48/h1-8,29-34,47-48H,9-28,35-36H2. The Morgan fingerprint density at radius 1 is 0.355 bits per heavy atom. The number of hydrogen-bond acceptors (Lipinski definition) is 16. The van der Waals surface area contributed by atoms with Gasteiger partial charge in [0, 0.05) is 12.1 Å². The average Bonchev–Trinajstić information content (AvgIpc) is 3.29. The number of benzene rings is 4. The Morgan fingerprint density at radius 2 is 0.645 bits per heavy atom. The highest BCUT2D eigenvalue weighted by Gasteiger charge is 2.10. The monoisotopic (exact) mass is 868 g/mol. The lowest BCUT2D eigenvalue weighted by Crippen LogP contribution is -2.14. The van der Waals surface area contributed by atoms with Gasteiger partial charge in [-0.2, -0.15) is 0 Å².